The summed E-state index contributed by atoms with van der Waals surface area (Å²) in [6.07, 6.45) is 1.91. The summed E-state index contributed by atoms with van der Waals surface area (Å²) in [5.74, 6) is 0. The maximum atomic E-state index is 12.5. The molecule has 2 aliphatic rings. The number of nitrogens with two attached hydrogens (primary N) is 1. The molecule has 2 fully saturated rings. The molecule has 0 spiro atoms. The number of anilines is 1. The molecule has 1 aromatic rings. The second-order valence-corrected chi connectivity index (χ2v) is 7.31. The topological polar surface area (TPSA) is 72.6 Å². The molecule has 2 aliphatic heterocycles. The second-order valence-electron chi connectivity index (χ2n) is 4.96. The van der Waals surface area contributed by atoms with Crippen LogP contribution in [0, 0.1) is 0 Å². The van der Waals surface area contributed by atoms with Crippen molar-refractivity contribution in [3.63, 3.8) is 0 Å². The molecule has 19 heavy (non-hydrogen) atoms. The van der Waals surface area contributed by atoms with Crippen LogP contribution < -0.4 is 5.73 Å². The van der Waals surface area contributed by atoms with Crippen LogP contribution >= 0.6 is 11.6 Å². The van der Waals surface area contributed by atoms with Gasteiger partial charge < -0.3 is 10.5 Å². The van der Waals surface area contributed by atoms with E-state index in [1.54, 1.807) is 0 Å². The molecule has 2 saturated heterocycles. The fourth-order valence-corrected chi connectivity index (χ4v) is 4.37. The van der Waals surface area contributed by atoms with Crippen molar-refractivity contribution < 1.29 is 13.2 Å². The smallest absolute Gasteiger partial charge is 0.243 e. The average Bonchev–Trinajstić information content (AvgIpc) is 2.71. The van der Waals surface area contributed by atoms with Crippen LogP contribution in [-0.2, 0) is 14.8 Å². The molecular weight excluding hydrogens is 288 g/mol. The van der Waals surface area contributed by atoms with E-state index in [1.165, 1.54) is 22.5 Å². The summed E-state index contributed by atoms with van der Waals surface area (Å²) in [7, 11) is -3.51. The fourth-order valence-electron chi connectivity index (χ4n) is 2.59. The van der Waals surface area contributed by atoms with Gasteiger partial charge in [-0.05, 0) is 31.0 Å². The van der Waals surface area contributed by atoms with E-state index in [9.17, 15) is 8.42 Å². The fraction of sp³-hybridized carbons (Fsp3) is 0.500. The van der Waals surface area contributed by atoms with Gasteiger partial charge in [0, 0.05) is 13.1 Å². The van der Waals surface area contributed by atoms with Gasteiger partial charge in [0.15, 0.2) is 0 Å². The van der Waals surface area contributed by atoms with Crippen molar-refractivity contribution in [1.82, 2.24) is 4.31 Å². The van der Waals surface area contributed by atoms with E-state index in [2.05, 4.69) is 0 Å². The van der Waals surface area contributed by atoms with E-state index in [0.29, 0.717) is 18.8 Å². The number of hydrogen-bond acceptors (Lipinski definition) is 4. The van der Waals surface area contributed by atoms with Crippen molar-refractivity contribution in [3.8, 4) is 0 Å². The number of hydrogen-bond donors (Lipinski definition) is 1. The van der Waals surface area contributed by atoms with Gasteiger partial charge >= 0.3 is 0 Å². The van der Waals surface area contributed by atoms with Crippen LogP contribution in [0.25, 0.3) is 0 Å². The lowest BCUT2D eigenvalue weighted by atomic mass is 10.2. The van der Waals surface area contributed by atoms with Crippen LogP contribution in [0.1, 0.15) is 12.8 Å². The van der Waals surface area contributed by atoms with E-state index >= 15 is 0 Å². The maximum absolute atomic E-state index is 12.5. The van der Waals surface area contributed by atoms with Gasteiger partial charge in [0.25, 0.3) is 0 Å². The minimum atomic E-state index is -3.51. The van der Waals surface area contributed by atoms with Crippen LogP contribution in [0.4, 0.5) is 5.69 Å². The zero-order chi connectivity index (χ0) is 13.6. The predicted molar refractivity (Wildman–Crippen MR) is 72.5 cm³/mol. The number of rotatable bonds is 2. The lowest BCUT2D eigenvalue weighted by Crippen LogP contribution is -2.45. The summed E-state index contributed by atoms with van der Waals surface area (Å²) in [5, 5.41) is 0.261. The van der Waals surface area contributed by atoms with Gasteiger partial charge in [-0.1, -0.05) is 11.6 Å². The first-order valence-corrected chi connectivity index (χ1v) is 7.99. The van der Waals surface area contributed by atoms with Gasteiger partial charge in [-0.2, -0.15) is 4.31 Å². The number of halogens is 1. The molecule has 5 nitrogen and oxygen atoms in total. The van der Waals surface area contributed by atoms with Crippen molar-refractivity contribution in [2.75, 3.05) is 18.8 Å². The van der Waals surface area contributed by atoms with Crippen molar-refractivity contribution in [2.45, 2.75) is 29.9 Å². The number of nitrogen functional groups attached to an aromatic ring is 1. The minimum Gasteiger partial charge on any atom is -0.398 e. The van der Waals surface area contributed by atoms with E-state index in [-0.39, 0.29) is 22.1 Å². The molecule has 2 unspecified atom stereocenters. The summed E-state index contributed by atoms with van der Waals surface area (Å²) < 4.78 is 32.2. The molecule has 0 amide bonds. The van der Waals surface area contributed by atoms with Crippen LogP contribution in [-0.4, -0.2) is 38.0 Å². The highest BCUT2D eigenvalue weighted by atomic mass is 35.5. The zero-order valence-electron chi connectivity index (χ0n) is 10.3. The third-order valence-corrected chi connectivity index (χ3v) is 5.77. The van der Waals surface area contributed by atoms with Crippen LogP contribution in [0.5, 0.6) is 0 Å². The zero-order valence-corrected chi connectivity index (χ0v) is 11.8. The van der Waals surface area contributed by atoms with Crippen LogP contribution in [0.2, 0.25) is 5.02 Å². The molecule has 2 bridgehead atoms. The molecule has 2 N–H and O–H groups in total. The molecule has 0 aliphatic carbocycles. The number of nitrogens with zero attached hydrogens (tertiary/aromatic N) is 1. The maximum Gasteiger partial charge on any atom is 0.243 e. The molecule has 1 aromatic carbocycles. The number of sulfonamides is 1. The van der Waals surface area contributed by atoms with Gasteiger partial charge in [0.2, 0.25) is 10.0 Å². The summed E-state index contributed by atoms with van der Waals surface area (Å²) in [6.45, 7) is 0.835. The Morgan fingerprint density at radius 2 is 1.89 bits per heavy atom. The van der Waals surface area contributed by atoms with Gasteiger partial charge in [0.05, 0.1) is 27.8 Å². The highest BCUT2D eigenvalue weighted by Crippen LogP contribution is 2.31. The van der Waals surface area contributed by atoms with Gasteiger partial charge in [-0.3, -0.25) is 0 Å². The Labute approximate surface area is 117 Å². The molecule has 0 radical (unpaired) electrons. The van der Waals surface area contributed by atoms with Crippen molar-refractivity contribution in [1.29, 1.82) is 0 Å². The molecule has 7 heteroatoms. The van der Waals surface area contributed by atoms with Gasteiger partial charge in [0.1, 0.15) is 0 Å². The average molecular weight is 303 g/mol. The molecule has 0 saturated carbocycles. The lowest BCUT2D eigenvalue weighted by Gasteiger charge is -2.31. The van der Waals surface area contributed by atoms with Crippen molar-refractivity contribution in [3.05, 3.63) is 23.2 Å². The Morgan fingerprint density at radius 1 is 1.26 bits per heavy atom. The summed E-state index contributed by atoms with van der Waals surface area (Å²) in [5.41, 5.74) is 5.98. The minimum absolute atomic E-state index is 0.0257. The van der Waals surface area contributed by atoms with E-state index in [0.717, 1.165) is 12.8 Å². The quantitative estimate of drug-likeness (QED) is 0.840. The number of morpholine rings is 1. The van der Waals surface area contributed by atoms with E-state index < -0.39 is 10.0 Å². The second kappa shape index (κ2) is 4.63. The molecule has 3 rings (SSSR count). The summed E-state index contributed by atoms with van der Waals surface area (Å²) in [4.78, 5) is 0.188. The van der Waals surface area contributed by atoms with E-state index in [1.807, 2.05) is 0 Å². The number of benzene rings is 1. The molecular formula is C12H15ClN2O3S. The van der Waals surface area contributed by atoms with Gasteiger partial charge in [-0.15, -0.1) is 0 Å². The van der Waals surface area contributed by atoms with E-state index in [4.69, 9.17) is 22.1 Å². The number of fused-ring (bicyclic) bond motifs is 2. The molecule has 2 atom stereocenters. The molecule has 2 heterocycles. The van der Waals surface area contributed by atoms with Crippen LogP contribution in [0.15, 0.2) is 23.1 Å². The first-order chi connectivity index (χ1) is 8.96. The Balaban J connectivity index is 1.91. The van der Waals surface area contributed by atoms with Crippen LogP contribution in [0.3, 0.4) is 0 Å². The monoisotopic (exact) mass is 302 g/mol. The Bertz CT molecular complexity index is 593. The highest BCUT2D eigenvalue weighted by molar-refractivity contribution is 7.89. The first kappa shape index (κ1) is 13.2. The first-order valence-electron chi connectivity index (χ1n) is 6.17. The third-order valence-electron chi connectivity index (χ3n) is 3.62. The highest BCUT2D eigenvalue weighted by Gasteiger charge is 2.39. The summed E-state index contributed by atoms with van der Waals surface area (Å²) >= 11 is 5.90. The molecule has 0 aromatic heterocycles. The number of ether oxygens (including phenoxy) is 1. The Kier molecular flexibility index (Phi) is 3.21. The SMILES string of the molecule is Nc1ccc(S(=O)(=O)N2CC3CCC(C2)O3)cc1Cl. The predicted octanol–water partition coefficient (Wildman–Crippen LogP) is 1.47. The standard InChI is InChI=1S/C12H15ClN2O3S/c13-11-5-10(3-4-12(11)14)19(16,17)15-6-8-1-2-9(7-15)18-8/h3-5,8-9H,1-2,6-7,14H2. The Hall–Kier alpha value is -0.820. The van der Waals surface area contributed by atoms with Crippen molar-refractivity contribution >= 4 is 27.3 Å². The summed E-state index contributed by atoms with van der Waals surface area (Å²) in [6, 6.07) is 4.42. The van der Waals surface area contributed by atoms with Gasteiger partial charge in [-0.25, -0.2) is 8.42 Å². The third kappa shape index (κ3) is 2.33. The lowest BCUT2D eigenvalue weighted by molar-refractivity contribution is -0.0114. The molecule has 104 valence electrons. The largest absolute Gasteiger partial charge is 0.398 e. The van der Waals surface area contributed by atoms with Crippen molar-refractivity contribution in [2.24, 2.45) is 0 Å². The Morgan fingerprint density at radius 3 is 2.47 bits per heavy atom. The normalized spacial score (nSPS) is 27.6.